The molecule has 20 heavy (non-hydrogen) atoms. The third-order valence-corrected chi connectivity index (χ3v) is 3.58. The minimum atomic E-state index is -0.379. The molecule has 0 bridgehead atoms. The number of nitrogens with zero attached hydrogens (tertiary/aromatic N) is 1. The molecule has 1 aliphatic rings. The number of hydrogen-bond donors (Lipinski definition) is 1. The summed E-state index contributed by atoms with van der Waals surface area (Å²) in [6, 6.07) is 7.60. The zero-order chi connectivity index (χ0) is 13.7. The number of ether oxygens (including phenoxy) is 1. The fraction of sp³-hybridized carbons (Fsp3) is 0.500. The first-order valence-corrected chi connectivity index (χ1v) is 6.94. The maximum atomic E-state index is 12.4. The van der Waals surface area contributed by atoms with Crippen LogP contribution in [0.1, 0.15) is 12.5 Å². The lowest BCUT2D eigenvalue weighted by Gasteiger charge is -2.29. The molecule has 0 spiro atoms. The normalized spacial score (nSPS) is 18.2. The molecule has 1 saturated heterocycles. The van der Waals surface area contributed by atoms with E-state index in [1.807, 2.05) is 31.2 Å². The highest BCUT2D eigenvalue weighted by atomic mass is 35.5. The molecule has 1 aliphatic heterocycles. The van der Waals surface area contributed by atoms with Gasteiger partial charge in [0.05, 0.1) is 6.61 Å². The summed E-state index contributed by atoms with van der Waals surface area (Å²) in [7, 11) is 0. The lowest BCUT2D eigenvalue weighted by Crippen LogP contribution is -2.49. The van der Waals surface area contributed by atoms with Gasteiger partial charge in [0.25, 0.3) is 5.91 Å². The molecule has 1 aromatic carbocycles. The molecule has 1 N–H and O–H groups in total. The van der Waals surface area contributed by atoms with E-state index in [-0.39, 0.29) is 24.4 Å². The molecule has 6 heteroatoms. The first-order valence-electron chi connectivity index (χ1n) is 6.57. The number of carbonyl (C=O) groups excluding carboxylic acids is 1. The number of hydrogen-bond acceptors (Lipinski definition) is 3. The lowest BCUT2D eigenvalue weighted by atomic mass is 10.2. The quantitative estimate of drug-likeness (QED) is 0.924. The number of morpholine rings is 1. The van der Waals surface area contributed by atoms with Crippen LogP contribution in [0, 0.1) is 0 Å². The maximum absolute atomic E-state index is 12.4. The standard InChI is InChI=1S/C14H19ClN2O2.ClH/c1-2-17(10-11-5-3-4-6-12(11)15)14(18)13-9-16-7-8-19-13;/h3-6,13,16H,2,7-10H2,1H3;1H. The second-order valence-corrected chi connectivity index (χ2v) is 4.91. The van der Waals surface area contributed by atoms with Gasteiger partial charge in [0, 0.05) is 31.2 Å². The van der Waals surface area contributed by atoms with E-state index in [9.17, 15) is 4.79 Å². The van der Waals surface area contributed by atoms with Gasteiger partial charge in [-0.3, -0.25) is 4.79 Å². The van der Waals surface area contributed by atoms with Crippen LogP contribution >= 0.6 is 24.0 Å². The van der Waals surface area contributed by atoms with Crippen LogP contribution < -0.4 is 5.32 Å². The molecule has 1 aromatic rings. The lowest BCUT2D eigenvalue weighted by molar-refractivity contribution is -0.145. The Balaban J connectivity index is 0.00000200. The summed E-state index contributed by atoms with van der Waals surface area (Å²) in [5.41, 5.74) is 0.961. The van der Waals surface area contributed by atoms with Gasteiger partial charge >= 0.3 is 0 Å². The second-order valence-electron chi connectivity index (χ2n) is 4.51. The number of carbonyl (C=O) groups is 1. The van der Waals surface area contributed by atoms with Crippen molar-refractivity contribution < 1.29 is 9.53 Å². The molecular weight excluding hydrogens is 299 g/mol. The van der Waals surface area contributed by atoms with E-state index in [4.69, 9.17) is 16.3 Å². The van der Waals surface area contributed by atoms with Gasteiger partial charge < -0.3 is 15.0 Å². The summed E-state index contributed by atoms with van der Waals surface area (Å²) in [5, 5.41) is 3.86. The Hall–Kier alpha value is -0.810. The molecule has 1 atom stereocenters. The van der Waals surface area contributed by atoms with Crippen molar-refractivity contribution in [3.8, 4) is 0 Å². The topological polar surface area (TPSA) is 41.6 Å². The van der Waals surface area contributed by atoms with Crippen molar-refractivity contribution in [3.63, 3.8) is 0 Å². The van der Waals surface area contributed by atoms with Crippen LogP contribution in [0.5, 0.6) is 0 Å². The molecule has 1 fully saturated rings. The fourth-order valence-corrected chi connectivity index (χ4v) is 2.30. The minimum absolute atomic E-state index is 0. The molecule has 4 nitrogen and oxygen atoms in total. The number of benzene rings is 1. The van der Waals surface area contributed by atoms with Crippen LogP contribution in [0.4, 0.5) is 0 Å². The molecule has 1 amide bonds. The average Bonchev–Trinajstić information content (AvgIpc) is 2.47. The molecule has 0 aromatic heterocycles. The summed E-state index contributed by atoms with van der Waals surface area (Å²) in [6.07, 6.45) is -0.379. The molecule has 0 radical (unpaired) electrons. The van der Waals surface area contributed by atoms with Gasteiger partial charge in [-0.15, -0.1) is 12.4 Å². The number of rotatable bonds is 4. The largest absolute Gasteiger partial charge is 0.366 e. The third-order valence-electron chi connectivity index (χ3n) is 3.22. The predicted molar refractivity (Wildman–Crippen MR) is 82.4 cm³/mol. The Morgan fingerprint density at radius 3 is 2.85 bits per heavy atom. The SMILES string of the molecule is CCN(Cc1ccccc1Cl)C(=O)C1CNCCO1.Cl. The van der Waals surface area contributed by atoms with Gasteiger partial charge in [-0.1, -0.05) is 29.8 Å². The highest BCUT2D eigenvalue weighted by Crippen LogP contribution is 2.17. The van der Waals surface area contributed by atoms with Crippen LogP contribution in [0.2, 0.25) is 5.02 Å². The summed E-state index contributed by atoms with van der Waals surface area (Å²) in [6.45, 7) is 5.10. The average molecular weight is 319 g/mol. The zero-order valence-corrected chi connectivity index (χ0v) is 13.0. The molecular formula is C14H20Cl2N2O2. The number of amides is 1. The first kappa shape index (κ1) is 17.2. The van der Waals surface area contributed by atoms with Crippen LogP contribution in [-0.4, -0.2) is 43.2 Å². The molecule has 1 heterocycles. The first-order chi connectivity index (χ1) is 9.22. The smallest absolute Gasteiger partial charge is 0.253 e. The van der Waals surface area contributed by atoms with Crippen LogP contribution in [0.25, 0.3) is 0 Å². The number of likely N-dealkylation sites (N-methyl/N-ethyl adjacent to an activating group) is 1. The highest BCUT2D eigenvalue weighted by Gasteiger charge is 2.26. The van der Waals surface area contributed by atoms with Gasteiger partial charge in [-0.25, -0.2) is 0 Å². The Labute approximate surface area is 130 Å². The summed E-state index contributed by atoms with van der Waals surface area (Å²) < 4.78 is 5.50. The van der Waals surface area contributed by atoms with Gasteiger partial charge in [0.2, 0.25) is 0 Å². The molecule has 1 unspecified atom stereocenters. The monoisotopic (exact) mass is 318 g/mol. The van der Waals surface area contributed by atoms with Crippen molar-refractivity contribution >= 4 is 29.9 Å². The summed E-state index contributed by atoms with van der Waals surface area (Å²) in [4.78, 5) is 14.1. The van der Waals surface area contributed by atoms with Gasteiger partial charge in [0.1, 0.15) is 6.10 Å². The van der Waals surface area contributed by atoms with Crippen LogP contribution in [0.15, 0.2) is 24.3 Å². The van der Waals surface area contributed by atoms with Crippen molar-refractivity contribution in [2.24, 2.45) is 0 Å². The Morgan fingerprint density at radius 2 is 2.25 bits per heavy atom. The second kappa shape index (κ2) is 8.47. The third kappa shape index (κ3) is 4.35. The predicted octanol–water partition coefficient (Wildman–Crippen LogP) is 2.10. The zero-order valence-electron chi connectivity index (χ0n) is 11.5. The highest BCUT2D eigenvalue weighted by molar-refractivity contribution is 6.31. The minimum Gasteiger partial charge on any atom is -0.366 e. The van der Waals surface area contributed by atoms with E-state index in [0.717, 1.165) is 12.1 Å². The van der Waals surface area contributed by atoms with Crippen LogP contribution in [-0.2, 0) is 16.1 Å². The van der Waals surface area contributed by atoms with E-state index in [1.54, 1.807) is 4.90 Å². The molecule has 0 saturated carbocycles. The van der Waals surface area contributed by atoms with E-state index in [2.05, 4.69) is 5.32 Å². The van der Waals surface area contributed by atoms with Crippen molar-refractivity contribution in [1.82, 2.24) is 10.2 Å². The van der Waals surface area contributed by atoms with Crippen molar-refractivity contribution in [2.75, 3.05) is 26.2 Å². The summed E-state index contributed by atoms with van der Waals surface area (Å²) >= 11 is 6.13. The molecule has 0 aliphatic carbocycles. The Morgan fingerprint density at radius 1 is 1.50 bits per heavy atom. The van der Waals surface area contributed by atoms with Crippen molar-refractivity contribution in [3.05, 3.63) is 34.9 Å². The number of nitrogens with one attached hydrogen (secondary N) is 1. The van der Waals surface area contributed by atoms with E-state index in [1.165, 1.54) is 0 Å². The fourth-order valence-electron chi connectivity index (χ4n) is 2.11. The van der Waals surface area contributed by atoms with Crippen LogP contribution in [0.3, 0.4) is 0 Å². The Kier molecular flexibility index (Phi) is 7.30. The van der Waals surface area contributed by atoms with Crippen molar-refractivity contribution in [1.29, 1.82) is 0 Å². The summed E-state index contributed by atoms with van der Waals surface area (Å²) in [5.74, 6) is 0.0228. The maximum Gasteiger partial charge on any atom is 0.253 e. The van der Waals surface area contributed by atoms with Gasteiger partial charge in [-0.2, -0.15) is 0 Å². The van der Waals surface area contributed by atoms with Gasteiger partial charge in [0.15, 0.2) is 0 Å². The van der Waals surface area contributed by atoms with Gasteiger partial charge in [-0.05, 0) is 18.6 Å². The van der Waals surface area contributed by atoms with Crippen molar-refractivity contribution in [2.45, 2.75) is 19.6 Å². The Bertz CT molecular complexity index is 437. The molecule has 112 valence electrons. The number of halogens is 2. The van der Waals surface area contributed by atoms with E-state index in [0.29, 0.717) is 31.3 Å². The van der Waals surface area contributed by atoms with E-state index < -0.39 is 0 Å². The van der Waals surface area contributed by atoms with E-state index >= 15 is 0 Å². The molecule has 2 rings (SSSR count).